The summed E-state index contributed by atoms with van der Waals surface area (Å²) in [5, 5.41) is 11.6. The number of anilines is 1. The van der Waals surface area contributed by atoms with Gasteiger partial charge in [-0.1, -0.05) is 16.7 Å². The third kappa shape index (κ3) is 5.30. The Hall–Kier alpha value is -2.86. The van der Waals surface area contributed by atoms with Crippen LogP contribution in [0.1, 0.15) is 16.1 Å². The lowest BCUT2D eigenvalue weighted by molar-refractivity contribution is -0.101. The molecule has 0 saturated carbocycles. The van der Waals surface area contributed by atoms with Crippen molar-refractivity contribution >= 4 is 34.0 Å². The first kappa shape index (κ1) is 22.3. The highest BCUT2D eigenvalue weighted by molar-refractivity contribution is 7.17. The van der Waals surface area contributed by atoms with Gasteiger partial charge in [0.15, 0.2) is 0 Å². The highest BCUT2D eigenvalue weighted by Crippen LogP contribution is 2.34. The van der Waals surface area contributed by atoms with Gasteiger partial charge in [0.1, 0.15) is 23.6 Å². The van der Waals surface area contributed by atoms with E-state index in [9.17, 15) is 4.79 Å². The van der Waals surface area contributed by atoms with E-state index in [0.717, 1.165) is 17.0 Å². The maximum Gasteiger partial charge on any atom is 0.295 e. The fraction of sp³-hybridized carbons (Fsp3) is 0.350. The van der Waals surface area contributed by atoms with Gasteiger partial charge in [0, 0.05) is 23.0 Å². The van der Waals surface area contributed by atoms with Crippen LogP contribution in [0.25, 0.3) is 11.1 Å². The minimum atomic E-state index is -0.408. The summed E-state index contributed by atoms with van der Waals surface area (Å²) in [6.45, 7) is 3.70. The van der Waals surface area contributed by atoms with Crippen molar-refractivity contribution in [2.24, 2.45) is 0 Å². The first-order valence-corrected chi connectivity index (χ1v) is 10.9. The Morgan fingerprint density at radius 1 is 1.25 bits per heavy atom. The molecular weight excluding hydrogens is 458 g/mol. The Balaban J connectivity index is 1.51. The number of nitrogens with one attached hydrogen (secondary N) is 1. The third-order valence-electron chi connectivity index (χ3n) is 4.53. The summed E-state index contributed by atoms with van der Waals surface area (Å²) in [6, 6.07) is 3.42. The Kier molecular flexibility index (Phi) is 7.10. The Morgan fingerprint density at radius 2 is 2.12 bits per heavy atom. The van der Waals surface area contributed by atoms with Gasteiger partial charge >= 0.3 is 0 Å². The van der Waals surface area contributed by atoms with Gasteiger partial charge in [0.05, 0.1) is 38.7 Å². The zero-order chi connectivity index (χ0) is 22.5. The van der Waals surface area contributed by atoms with E-state index in [0.29, 0.717) is 47.5 Å². The molecule has 1 unspecified atom stereocenters. The summed E-state index contributed by atoms with van der Waals surface area (Å²) in [4.78, 5) is 21.3. The number of ether oxygens (including phenoxy) is 4. The number of rotatable bonds is 7. The molecule has 1 amide bonds. The number of aromatic nitrogens is 4. The number of carbonyl (C=O) groups is 1. The standard InChI is InChI=1S/C20H20ClN5O5S/c1-11-5-13(14-6-17(21)23-8-16(14)28-2)15(7-22-11)18(27)24-19-25-26-20(32-19)31-10-12-9-29-3-4-30-12/h5-8,12H,3-4,9-10H2,1-2H3,(H,24,25,27). The van der Waals surface area contributed by atoms with Crippen molar-refractivity contribution in [3.8, 4) is 22.1 Å². The molecule has 0 aromatic carbocycles. The highest BCUT2D eigenvalue weighted by atomic mass is 35.5. The van der Waals surface area contributed by atoms with Crippen LogP contribution in [0.5, 0.6) is 10.9 Å². The number of nitrogens with zero attached hydrogens (tertiary/aromatic N) is 4. The number of carbonyl (C=O) groups excluding carboxylic acids is 1. The monoisotopic (exact) mass is 477 g/mol. The predicted molar refractivity (Wildman–Crippen MR) is 118 cm³/mol. The van der Waals surface area contributed by atoms with Gasteiger partial charge in [0.25, 0.3) is 11.1 Å². The molecule has 12 heteroatoms. The molecule has 1 aliphatic heterocycles. The fourth-order valence-electron chi connectivity index (χ4n) is 3.03. The lowest BCUT2D eigenvalue weighted by atomic mass is 10.0. The second-order valence-electron chi connectivity index (χ2n) is 6.78. The lowest BCUT2D eigenvalue weighted by Gasteiger charge is -2.22. The largest absolute Gasteiger partial charge is 0.494 e. The number of hydrogen-bond acceptors (Lipinski definition) is 10. The number of pyridine rings is 2. The van der Waals surface area contributed by atoms with Crippen LogP contribution < -0.4 is 14.8 Å². The van der Waals surface area contributed by atoms with Gasteiger partial charge in [0.2, 0.25) is 5.13 Å². The van der Waals surface area contributed by atoms with E-state index >= 15 is 0 Å². The highest BCUT2D eigenvalue weighted by Gasteiger charge is 2.20. The summed E-state index contributed by atoms with van der Waals surface area (Å²) >= 11 is 7.19. The van der Waals surface area contributed by atoms with Crippen molar-refractivity contribution in [3.63, 3.8) is 0 Å². The molecule has 3 aromatic rings. The van der Waals surface area contributed by atoms with Crippen LogP contribution in [0, 0.1) is 6.92 Å². The summed E-state index contributed by atoms with van der Waals surface area (Å²) in [7, 11) is 1.52. The predicted octanol–water partition coefficient (Wildman–Crippen LogP) is 3.01. The summed E-state index contributed by atoms with van der Waals surface area (Å²) in [5.74, 6) is 0.0729. The van der Waals surface area contributed by atoms with E-state index in [1.807, 2.05) is 6.92 Å². The number of methoxy groups -OCH3 is 1. The molecule has 3 aromatic heterocycles. The normalized spacial score (nSPS) is 15.9. The van der Waals surface area contributed by atoms with E-state index in [1.54, 1.807) is 12.1 Å². The second-order valence-corrected chi connectivity index (χ2v) is 8.11. The molecule has 1 fully saturated rings. The molecule has 32 heavy (non-hydrogen) atoms. The zero-order valence-electron chi connectivity index (χ0n) is 17.3. The second kappa shape index (κ2) is 10.2. The molecule has 4 heterocycles. The average molecular weight is 478 g/mol. The summed E-state index contributed by atoms with van der Waals surface area (Å²) in [5.41, 5.74) is 2.28. The molecule has 168 valence electrons. The van der Waals surface area contributed by atoms with Crippen molar-refractivity contribution in [2.45, 2.75) is 13.0 Å². The minimum absolute atomic E-state index is 0.158. The van der Waals surface area contributed by atoms with E-state index in [-0.39, 0.29) is 23.0 Å². The molecule has 1 atom stereocenters. The molecule has 0 spiro atoms. The van der Waals surface area contributed by atoms with E-state index < -0.39 is 5.91 Å². The van der Waals surface area contributed by atoms with Gasteiger partial charge in [-0.25, -0.2) is 4.98 Å². The molecule has 1 saturated heterocycles. The number of halogens is 1. The van der Waals surface area contributed by atoms with Crippen LogP contribution in [0.3, 0.4) is 0 Å². The van der Waals surface area contributed by atoms with E-state index in [1.165, 1.54) is 19.5 Å². The molecule has 4 rings (SSSR count). The Labute approximate surface area is 192 Å². The molecular formula is C20H20ClN5O5S. The Bertz CT molecular complexity index is 1110. The van der Waals surface area contributed by atoms with Gasteiger partial charge < -0.3 is 18.9 Å². The first-order valence-electron chi connectivity index (χ1n) is 9.67. The zero-order valence-corrected chi connectivity index (χ0v) is 18.9. The smallest absolute Gasteiger partial charge is 0.295 e. The van der Waals surface area contributed by atoms with Crippen molar-refractivity contribution in [3.05, 3.63) is 40.9 Å². The third-order valence-corrected chi connectivity index (χ3v) is 5.49. The number of hydrogen-bond donors (Lipinski definition) is 1. The molecule has 0 aliphatic carbocycles. The minimum Gasteiger partial charge on any atom is -0.494 e. The first-order chi connectivity index (χ1) is 15.5. The maximum absolute atomic E-state index is 13.0. The van der Waals surface area contributed by atoms with Gasteiger partial charge in [-0.3, -0.25) is 15.1 Å². The maximum atomic E-state index is 13.0. The SMILES string of the molecule is COc1cnc(Cl)cc1-c1cc(C)ncc1C(=O)Nc1nnc(OCC2COCCO2)s1. The molecule has 1 aliphatic rings. The lowest BCUT2D eigenvalue weighted by Crippen LogP contribution is -2.33. The van der Waals surface area contributed by atoms with Gasteiger partial charge in [-0.05, 0) is 30.4 Å². The van der Waals surface area contributed by atoms with Crippen molar-refractivity contribution < 1.29 is 23.7 Å². The van der Waals surface area contributed by atoms with Crippen LogP contribution >= 0.6 is 22.9 Å². The molecule has 0 bridgehead atoms. The summed E-state index contributed by atoms with van der Waals surface area (Å²) < 4.78 is 21.9. The van der Waals surface area contributed by atoms with Crippen LogP contribution in [0.4, 0.5) is 5.13 Å². The number of aryl methyl sites for hydroxylation is 1. The van der Waals surface area contributed by atoms with Crippen LogP contribution in [-0.2, 0) is 9.47 Å². The molecule has 1 N–H and O–H groups in total. The van der Waals surface area contributed by atoms with Crippen LogP contribution in [0.15, 0.2) is 24.5 Å². The topological polar surface area (TPSA) is 118 Å². The van der Waals surface area contributed by atoms with Crippen molar-refractivity contribution in [1.29, 1.82) is 0 Å². The van der Waals surface area contributed by atoms with Crippen molar-refractivity contribution in [1.82, 2.24) is 20.2 Å². The molecule has 0 radical (unpaired) electrons. The van der Waals surface area contributed by atoms with Crippen LogP contribution in [0.2, 0.25) is 5.15 Å². The van der Waals surface area contributed by atoms with E-state index in [2.05, 4.69) is 25.5 Å². The van der Waals surface area contributed by atoms with E-state index in [4.69, 9.17) is 30.5 Å². The number of amides is 1. The van der Waals surface area contributed by atoms with Crippen molar-refractivity contribution in [2.75, 3.05) is 38.9 Å². The van der Waals surface area contributed by atoms with Crippen LogP contribution in [-0.4, -0.2) is 65.7 Å². The fourth-order valence-corrected chi connectivity index (χ4v) is 3.79. The average Bonchev–Trinajstić information content (AvgIpc) is 3.25. The van der Waals surface area contributed by atoms with Gasteiger partial charge in [-0.2, -0.15) is 0 Å². The quantitative estimate of drug-likeness (QED) is 0.512. The molecule has 10 nitrogen and oxygen atoms in total. The Morgan fingerprint density at radius 3 is 2.91 bits per heavy atom. The summed E-state index contributed by atoms with van der Waals surface area (Å²) in [6.07, 6.45) is 2.84. The van der Waals surface area contributed by atoms with Gasteiger partial charge in [-0.15, -0.1) is 5.10 Å².